The van der Waals surface area contributed by atoms with Gasteiger partial charge in [-0.1, -0.05) is 11.2 Å². The highest BCUT2D eigenvalue weighted by molar-refractivity contribution is 5.45. The van der Waals surface area contributed by atoms with Gasteiger partial charge < -0.3 is 4.52 Å². The molecule has 3 heterocycles. The zero-order chi connectivity index (χ0) is 11.0. The van der Waals surface area contributed by atoms with Crippen LogP contribution in [-0.4, -0.2) is 28.7 Å². The predicted molar refractivity (Wildman–Crippen MR) is 63.0 cm³/mol. The molecule has 1 aromatic heterocycles. The lowest BCUT2D eigenvalue weighted by molar-refractivity contribution is 0.251. The molecule has 2 saturated heterocycles. The molecular weight excluding hydrogens is 200 g/mol. The number of aromatic nitrogens is 1. The molecule has 0 spiro atoms. The molecule has 3 rings (SSSR count). The fourth-order valence-corrected chi connectivity index (χ4v) is 3.12. The molecule has 2 aliphatic heterocycles. The molecule has 0 N–H and O–H groups in total. The summed E-state index contributed by atoms with van der Waals surface area (Å²) in [4.78, 5) is 2.62. The molecule has 2 aliphatic rings. The smallest absolute Gasteiger partial charge is 0.159 e. The van der Waals surface area contributed by atoms with Crippen LogP contribution in [0, 0.1) is 6.92 Å². The molecule has 0 aliphatic carbocycles. The maximum Gasteiger partial charge on any atom is 0.159 e. The van der Waals surface area contributed by atoms with Crippen molar-refractivity contribution < 1.29 is 4.52 Å². The van der Waals surface area contributed by atoms with Gasteiger partial charge >= 0.3 is 0 Å². The van der Waals surface area contributed by atoms with Gasteiger partial charge in [-0.15, -0.1) is 0 Å². The maximum absolute atomic E-state index is 5.21. The Hall–Kier alpha value is -1.09. The third-order valence-electron chi connectivity index (χ3n) is 3.91. The summed E-state index contributed by atoms with van der Waals surface area (Å²) in [5, 5.41) is 3.91. The first-order chi connectivity index (χ1) is 7.78. The molecule has 2 fully saturated rings. The number of fused-ring (bicyclic) bond motifs is 1. The summed E-state index contributed by atoms with van der Waals surface area (Å²) in [7, 11) is 0. The fraction of sp³-hybridized carbons (Fsp3) is 0.615. The van der Waals surface area contributed by atoms with Crippen molar-refractivity contribution in [2.24, 2.45) is 0 Å². The second kappa shape index (κ2) is 3.74. The van der Waals surface area contributed by atoms with Gasteiger partial charge in [0.2, 0.25) is 0 Å². The van der Waals surface area contributed by atoms with Crippen LogP contribution in [0.15, 0.2) is 16.7 Å². The van der Waals surface area contributed by atoms with E-state index in [0.717, 1.165) is 11.5 Å². The van der Waals surface area contributed by atoms with E-state index >= 15 is 0 Å². The van der Waals surface area contributed by atoms with Crippen LogP contribution in [0.25, 0.3) is 6.08 Å². The Morgan fingerprint density at radius 2 is 2.12 bits per heavy atom. The van der Waals surface area contributed by atoms with Gasteiger partial charge in [-0.05, 0) is 51.8 Å². The average Bonchev–Trinajstić information content (AvgIpc) is 2.89. The van der Waals surface area contributed by atoms with E-state index in [9.17, 15) is 0 Å². The maximum atomic E-state index is 5.21. The standard InChI is InChI=1S/C13H18N2O/c1-11-10-12(16-14-11)4-7-13-5-2-8-15(13)9-3-6-13/h4,7,10H,2-3,5-6,8-9H2,1H3. The van der Waals surface area contributed by atoms with Crippen molar-refractivity contribution in [2.45, 2.75) is 38.1 Å². The Morgan fingerprint density at radius 3 is 2.75 bits per heavy atom. The van der Waals surface area contributed by atoms with Gasteiger partial charge in [0.1, 0.15) is 0 Å². The average molecular weight is 218 g/mol. The molecule has 16 heavy (non-hydrogen) atoms. The van der Waals surface area contributed by atoms with Crippen molar-refractivity contribution in [1.82, 2.24) is 10.1 Å². The first-order valence-electron chi connectivity index (χ1n) is 6.16. The number of nitrogens with zero attached hydrogens (tertiary/aromatic N) is 2. The molecule has 86 valence electrons. The summed E-state index contributed by atoms with van der Waals surface area (Å²) in [6.45, 7) is 4.48. The van der Waals surface area contributed by atoms with Crippen molar-refractivity contribution in [2.75, 3.05) is 13.1 Å². The largest absolute Gasteiger partial charge is 0.357 e. The number of aryl methyl sites for hydroxylation is 1. The normalized spacial score (nSPS) is 24.3. The Kier molecular flexibility index (Phi) is 2.36. The molecule has 1 aromatic rings. The minimum Gasteiger partial charge on any atom is -0.357 e. The van der Waals surface area contributed by atoms with Gasteiger partial charge in [-0.2, -0.15) is 0 Å². The zero-order valence-electron chi connectivity index (χ0n) is 9.78. The van der Waals surface area contributed by atoms with E-state index in [2.05, 4.69) is 22.2 Å². The SMILES string of the molecule is Cc1cc(C=CC23CCCN2CCC3)on1. The highest BCUT2D eigenvalue weighted by Crippen LogP contribution is 2.40. The van der Waals surface area contributed by atoms with Crippen LogP contribution in [0.2, 0.25) is 0 Å². The molecule has 0 unspecified atom stereocenters. The summed E-state index contributed by atoms with van der Waals surface area (Å²) in [6.07, 6.45) is 9.71. The third-order valence-corrected chi connectivity index (χ3v) is 3.91. The van der Waals surface area contributed by atoms with Crippen LogP contribution >= 0.6 is 0 Å². The first kappa shape index (κ1) is 10.1. The number of hydrogen-bond acceptors (Lipinski definition) is 3. The molecule has 0 amide bonds. The second-order valence-electron chi connectivity index (χ2n) is 5.00. The van der Waals surface area contributed by atoms with E-state index in [4.69, 9.17) is 4.52 Å². The monoisotopic (exact) mass is 218 g/mol. The van der Waals surface area contributed by atoms with E-state index in [1.807, 2.05) is 13.0 Å². The van der Waals surface area contributed by atoms with Crippen LogP contribution in [-0.2, 0) is 0 Å². The van der Waals surface area contributed by atoms with Gasteiger partial charge in [-0.25, -0.2) is 0 Å². The highest BCUT2D eigenvalue weighted by Gasteiger charge is 2.41. The van der Waals surface area contributed by atoms with Crippen molar-refractivity contribution in [3.63, 3.8) is 0 Å². The molecular formula is C13H18N2O. The molecule has 0 saturated carbocycles. The van der Waals surface area contributed by atoms with Crippen LogP contribution in [0.1, 0.15) is 37.1 Å². The molecule has 3 nitrogen and oxygen atoms in total. The molecule has 0 radical (unpaired) electrons. The molecule has 3 heteroatoms. The van der Waals surface area contributed by atoms with Crippen molar-refractivity contribution in [1.29, 1.82) is 0 Å². The van der Waals surface area contributed by atoms with Crippen LogP contribution < -0.4 is 0 Å². The van der Waals surface area contributed by atoms with Crippen LogP contribution in [0.5, 0.6) is 0 Å². The minimum absolute atomic E-state index is 0.334. The van der Waals surface area contributed by atoms with Gasteiger partial charge in [0.15, 0.2) is 5.76 Å². The number of rotatable bonds is 2. The lowest BCUT2D eigenvalue weighted by Gasteiger charge is -2.28. The summed E-state index contributed by atoms with van der Waals surface area (Å²) in [6, 6.07) is 1.99. The van der Waals surface area contributed by atoms with Crippen LogP contribution in [0.4, 0.5) is 0 Å². The Balaban J connectivity index is 1.80. The van der Waals surface area contributed by atoms with Gasteiger partial charge in [0.25, 0.3) is 0 Å². The first-order valence-corrected chi connectivity index (χ1v) is 6.16. The molecule has 0 atom stereocenters. The Morgan fingerprint density at radius 1 is 1.38 bits per heavy atom. The van der Waals surface area contributed by atoms with Crippen molar-refractivity contribution >= 4 is 6.08 Å². The van der Waals surface area contributed by atoms with E-state index in [-0.39, 0.29) is 0 Å². The summed E-state index contributed by atoms with van der Waals surface area (Å²) < 4.78 is 5.21. The number of hydrogen-bond donors (Lipinski definition) is 0. The quantitative estimate of drug-likeness (QED) is 0.764. The summed E-state index contributed by atoms with van der Waals surface area (Å²) in [5.74, 6) is 0.880. The lowest BCUT2D eigenvalue weighted by Crippen LogP contribution is -2.35. The van der Waals surface area contributed by atoms with Gasteiger partial charge in [0.05, 0.1) is 5.69 Å². The lowest BCUT2D eigenvalue weighted by atomic mass is 9.93. The Bertz CT molecular complexity index is 398. The minimum atomic E-state index is 0.334. The topological polar surface area (TPSA) is 29.3 Å². The van der Waals surface area contributed by atoms with E-state index in [1.165, 1.54) is 38.8 Å². The highest BCUT2D eigenvalue weighted by atomic mass is 16.5. The van der Waals surface area contributed by atoms with E-state index in [1.54, 1.807) is 0 Å². The summed E-state index contributed by atoms with van der Waals surface area (Å²) in [5.41, 5.74) is 1.28. The third kappa shape index (κ3) is 1.59. The fourth-order valence-electron chi connectivity index (χ4n) is 3.12. The summed E-state index contributed by atoms with van der Waals surface area (Å²) >= 11 is 0. The predicted octanol–water partition coefficient (Wildman–Crippen LogP) is 2.62. The molecule has 0 aromatic carbocycles. The zero-order valence-corrected chi connectivity index (χ0v) is 9.78. The van der Waals surface area contributed by atoms with E-state index in [0.29, 0.717) is 5.54 Å². The van der Waals surface area contributed by atoms with Gasteiger partial charge in [-0.3, -0.25) is 4.90 Å². The van der Waals surface area contributed by atoms with E-state index < -0.39 is 0 Å². The molecule has 0 bridgehead atoms. The van der Waals surface area contributed by atoms with Gasteiger partial charge in [0, 0.05) is 11.6 Å². The second-order valence-corrected chi connectivity index (χ2v) is 5.00. The van der Waals surface area contributed by atoms with Crippen molar-refractivity contribution in [3.05, 3.63) is 23.6 Å². The van der Waals surface area contributed by atoms with Crippen LogP contribution in [0.3, 0.4) is 0 Å². The van der Waals surface area contributed by atoms with Crippen molar-refractivity contribution in [3.8, 4) is 0 Å². The Labute approximate surface area is 96.1 Å².